The van der Waals surface area contributed by atoms with E-state index in [0.717, 1.165) is 28.6 Å². The Bertz CT molecular complexity index is 1050. The third kappa shape index (κ3) is 2.80. The van der Waals surface area contributed by atoms with Gasteiger partial charge in [-0.3, -0.25) is 0 Å². The van der Waals surface area contributed by atoms with Gasteiger partial charge in [-0.05, 0) is 17.2 Å². The summed E-state index contributed by atoms with van der Waals surface area (Å²) in [6.45, 7) is 0. The summed E-state index contributed by atoms with van der Waals surface area (Å²) in [5.41, 5.74) is 3.87. The monoisotopic (exact) mass is 346 g/mol. The van der Waals surface area contributed by atoms with Gasteiger partial charge in [-0.1, -0.05) is 66.7 Å². The second kappa shape index (κ2) is 6.56. The molecular formula is C22H16F2N2. The number of benzene rings is 3. The van der Waals surface area contributed by atoms with Gasteiger partial charge in [0.15, 0.2) is 0 Å². The van der Waals surface area contributed by atoms with Crippen LogP contribution >= 0.6 is 0 Å². The number of hydrogen-bond acceptors (Lipinski definition) is 0. The number of rotatable bonds is 3. The average Bonchev–Trinajstić information content (AvgIpc) is 3.00. The van der Waals surface area contributed by atoms with Crippen LogP contribution in [0.3, 0.4) is 0 Å². The molecule has 0 fully saturated rings. The van der Waals surface area contributed by atoms with Gasteiger partial charge in [-0.25, -0.2) is 8.78 Å². The van der Waals surface area contributed by atoms with E-state index in [1.165, 1.54) is 12.1 Å². The standard InChI is InChI=1S/C22H16F2N2/c1-25-15-26(20-13-12-18(23)14-19(20)24)22(17-10-6-3-7-11-17)21(25)16-8-4-2-5-9-16/h2-14H,1H3. The minimum Gasteiger partial charge on any atom is -0.316 e. The summed E-state index contributed by atoms with van der Waals surface area (Å²) in [4.78, 5) is 0. The molecule has 0 aliphatic rings. The third-order valence-corrected chi connectivity index (χ3v) is 4.28. The van der Waals surface area contributed by atoms with Crippen LogP contribution in [0, 0.1) is 18.0 Å². The molecule has 0 saturated carbocycles. The van der Waals surface area contributed by atoms with Crippen LogP contribution in [-0.4, -0.2) is 4.57 Å². The number of nitrogens with zero attached hydrogens (tertiary/aromatic N) is 2. The Morgan fingerprint density at radius 3 is 2.04 bits per heavy atom. The minimum absolute atomic E-state index is 0.253. The van der Waals surface area contributed by atoms with Gasteiger partial charge in [0.25, 0.3) is 0 Å². The maximum absolute atomic E-state index is 14.5. The molecule has 0 atom stereocenters. The van der Waals surface area contributed by atoms with Gasteiger partial charge in [0.2, 0.25) is 6.33 Å². The van der Waals surface area contributed by atoms with Crippen molar-refractivity contribution in [2.24, 2.45) is 7.05 Å². The highest BCUT2D eigenvalue weighted by molar-refractivity contribution is 5.77. The lowest BCUT2D eigenvalue weighted by molar-refractivity contribution is -0.664. The zero-order valence-electron chi connectivity index (χ0n) is 14.2. The quantitative estimate of drug-likeness (QED) is 0.375. The first-order valence-corrected chi connectivity index (χ1v) is 8.25. The number of imidazole rings is 1. The molecule has 1 heterocycles. The van der Waals surface area contributed by atoms with Crippen molar-refractivity contribution < 1.29 is 13.3 Å². The molecule has 128 valence electrons. The van der Waals surface area contributed by atoms with Crippen LogP contribution in [0.1, 0.15) is 0 Å². The predicted molar refractivity (Wildman–Crippen MR) is 96.6 cm³/mol. The van der Waals surface area contributed by atoms with E-state index in [1.807, 2.05) is 72.3 Å². The summed E-state index contributed by atoms with van der Waals surface area (Å²) >= 11 is 0. The van der Waals surface area contributed by atoms with Crippen molar-refractivity contribution in [3.8, 4) is 28.2 Å². The first kappa shape index (κ1) is 16.2. The van der Waals surface area contributed by atoms with E-state index in [4.69, 9.17) is 0 Å². The van der Waals surface area contributed by atoms with Crippen LogP contribution in [0.4, 0.5) is 8.78 Å². The molecule has 0 bridgehead atoms. The van der Waals surface area contributed by atoms with Crippen molar-refractivity contribution in [3.05, 3.63) is 96.8 Å². The Hall–Kier alpha value is -3.27. The van der Waals surface area contributed by atoms with Crippen molar-refractivity contribution in [1.82, 2.24) is 4.57 Å². The van der Waals surface area contributed by atoms with Crippen LogP contribution in [0.5, 0.6) is 0 Å². The SMILES string of the molecule is C[n+]1[c-]n(-c2ccc(F)cc2F)c(-c2ccccc2)c1-c1ccccc1. The molecule has 26 heavy (non-hydrogen) atoms. The van der Waals surface area contributed by atoms with Crippen molar-refractivity contribution in [3.63, 3.8) is 0 Å². The van der Waals surface area contributed by atoms with E-state index in [0.29, 0.717) is 0 Å². The van der Waals surface area contributed by atoms with Gasteiger partial charge < -0.3 is 9.13 Å². The zero-order valence-corrected chi connectivity index (χ0v) is 14.2. The normalized spacial score (nSPS) is 10.9. The minimum atomic E-state index is -0.631. The number of halogens is 2. The molecule has 4 aromatic rings. The van der Waals surface area contributed by atoms with Crippen molar-refractivity contribution in [1.29, 1.82) is 0 Å². The van der Waals surface area contributed by atoms with Gasteiger partial charge in [-0.2, -0.15) is 0 Å². The van der Waals surface area contributed by atoms with E-state index in [9.17, 15) is 8.78 Å². The Morgan fingerprint density at radius 1 is 0.808 bits per heavy atom. The van der Waals surface area contributed by atoms with Crippen LogP contribution in [-0.2, 0) is 7.05 Å². The summed E-state index contributed by atoms with van der Waals surface area (Å²) in [6.07, 6.45) is 3.16. The molecule has 1 aromatic heterocycles. The average molecular weight is 346 g/mol. The maximum Gasteiger partial charge on any atom is 0.244 e. The van der Waals surface area contributed by atoms with E-state index in [1.54, 1.807) is 4.57 Å². The van der Waals surface area contributed by atoms with Crippen LogP contribution in [0.25, 0.3) is 28.2 Å². The Kier molecular flexibility index (Phi) is 4.09. The summed E-state index contributed by atoms with van der Waals surface area (Å²) in [6, 6.07) is 23.2. The van der Waals surface area contributed by atoms with Gasteiger partial charge in [0.1, 0.15) is 11.6 Å². The highest BCUT2D eigenvalue weighted by Crippen LogP contribution is 2.32. The molecule has 0 spiro atoms. The van der Waals surface area contributed by atoms with Gasteiger partial charge in [-0.15, -0.1) is 0 Å². The topological polar surface area (TPSA) is 8.81 Å². The van der Waals surface area contributed by atoms with E-state index in [2.05, 4.69) is 6.33 Å². The molecule has 2 nitrogen and oxygen atoms in total. The van der Waals surface area contributed by atoms with Crippen molar-refractivity contribution in [2.45, 2.75) is 0 Å². The summed E-state index contributed by atoms with van der Waals surface area (Å²) in [7, 11) is 1.87. The lowest BCUT2D eigenvalue weighted by atomic mass is 10.0. The Balaban J connectivity index is 2.04. The zero-order chi connectivity index (χ0) is 18.1. The number of aryl methyl sites for hydroxylation is 1. The molecule has 3 aromatic carbocycles. The van der Waals surface area contributed by atoms with E-state index in [-0.39, 0.29) is 5.69 Å². The smallest absolute Gasteiger partial charge is 0.244 e. The highest BCUT2D eigenvalue weighted by atomic mass is 19.1. The molecule has 0 radical (unpaired) electrons. The molecule has 0 N–H and O–H groups in total. The molecule has 4 rings (SSSR count). The Morgan fingerprint density at radius 2 is 1.42 bits per heavy atom. The lowest BCUT2D eigenvalue weighted by Crippen LogP contribution is -2.28. The van der Waals surface area contributed by atoms with E-state index >= 15 is 0 Å². The molecule has 0 amide bonds. The number of hydrogen-bond donors (Lipinski definition) is 0. The fourth-order valence-corrected chi connectivity index (χ4v) is 3.14. The van der Waals surface area contributed by atoms with E-state index < -0.39 is 11.6 Å². The molecule has 0 aliphatic heterocycles. The van der Waals surface area contributed by atoms with Crippen LogP contribution < -0.4 is 4.57 Å². The van der Waals surface area contributed by atoms with Crippen molar-refractivity contribution in [2.75, 3.05) is 0 Å². The largest absolute Gasteiger partial charge is 0.316 e. The first-order chi connectivity index (χ1) is 12.6. The summed E-state index contributed by atoms with van der Waals surface area (Å²) in [5.74, 6) is -1.24. The Labute approximate surface area is 150 Å². The third-order valence-electron chi connectivity index (χ3n) is 4.28. The van der Waals surface area contributed by atoms with Gasteiger partial charge >= 0.3 is 0 Å². The van der Waals surface area contributed by atoms with Crippen LogP contribution in [0.15, 0.2) is 78.9 Å². The van der Waals surface area contributed by atoms with Gasteiger partial charge in [0, 0.05) is 6.07 Å². The molecular weight excluding hydrogens is 330 g/mol. The van der Waals surface area contributed by atoms with Crippen LogP contribution in [0.2, 0.25) is 0 Å². The van der Waals surface area contributed by atoms with Gasteiger partial charge in [0.05, 0.1) is 24.1 Å². The maximum atomic E-state index is 14.5. The second-order valence-corrected chi connectivity index (χ2v) is 6.02. The first-order valence-electron chi connectivity index (χ1n) is 8.25. The fraction of sp³-hybridized carbons (Fsp3) is 0.0455. The summed E-state index contributed by atoms with van der Waals surface area (Å²) in [5, 5.41) is 0. The predicted octanol–water partition coefficient (Wildman–Crippen LogP) is 4.71. The molecule has 0 aliphatic carbocycles. The number of aromatic nitrogens is 2. The molecule has 0 unspecified atom stereocenters. The summed E-state index contributed by atoms with van der Waals surface area (Å²) < 4.78 is 31.3. The molecule has 4 heteroatoms. The lowest BCUT2D eigenvalue weighted by Gasteiger charge is -2.13. The molecule has 0 saturated heterocycles. The second-order valence-electron chi connectivity index (χ2n) is 6.02. The van der Waals surface area contributed by atoms with Crippen molar-refractivity contribution >= 4 is 0 Å². The fourth-order valence-electron chi connectivity index (χ4n) is 3.14. The highest BCUT2D eigenvalue weighted by Gasteiger charge is 2.19.